The second kappa shape index (κ2) is 9.23. The van der Waals surface area contributed by atoms with Gasteiger partial charge in [-0.2, -0.15) is 0 Å². The Balaban J connectivity index is 1.68. The second-order valence-electron chi connectivity index (χ2n) is 6.71. The van der Waals surface area contributed by atoms with Gasteiger partial charge in [-0.15, -0.1) is 0 Å². The van der Waals surface area contributed by atoms with Crippen LogP contribution in [0.2, 0.25) is 0 Å². The van der Waals surface area contributed by atoms with Crippen molar-refractivity contribution >= 4 is 46.5 Å². The van der Waals surface area contributed by atoms with Gasteiger partial charge >= 0.3 is 6.09 Å². The summed E-state index contributed by atoms with van der Waals surface area (Å²) < 4.78 is 0. The van der Waals surface area contributed by atoms with Crippen molar-refractivity contribution in [3.8, 4) is 0 Å². The van der Waals surface area contributed by atoms with Crippen molar-refractivity contribution < 1.29 is 14.7 Å². The maximum atomic E-state index is 12.6. The molecule has 3 aromatic rings. The van der Waals surface area contributed by atoms with Gasteiger partial charge in [-0.3, -0.25) is 10.1 Å². The minimum Gasteiger partial charge on any atom is -0.465 e. The molecule has 0 heterocycles. The van der Waals surface area contributed by atoms with E-state index in [-0.39, 0.29) is 5.91 Å². The van der Waals surface area contributed by atoms with E-state index in [1.165, 1.54) is 11.8 Å². The Labute approximate surface area is 178 Å². The molecule has 0 radical (unpaired) electrons. The van der Waals surface area contributed by atoms with Crippen molar-refractivity contribution in [1.29, 1.82) is 0 Å². The topological polar surface area (TPSA) is 108 Å². The van der Waals surface area contributed by atoms with Gasteiger partial charge in [-0.1, -0.05) is 17.8 Å². The van der Waals surface area contributed by atoms with E-state index in [2.05, 4.69) is 10.6 Å². The third kappa shape index (κ3) is 5.45. The molecular weight excluding hydrogens is 400 g/mol. The molecule has 0 bridgehead atoms. The van der Waals surface area contributed by atoms with Gasteiger partial charge in [-0.25, -0.2) is 4.79 Å². The Hall–Kier alpha value is -3.65. The molecule has 8 heteroatoms. The van der Waals surface area contributed by atoms with Gasteiger partial charge in [-0.05, 0) is 60.7 Å². The Morgan fingerprint density at radius 2 is 1.63 bits per heavy atom. The number of hydrogen-bond acceptors (Lipinski definition) is 5. The van der Waals surface area contributed by atoms with Crippen LogP contribution in [0, 0.1) is 0 Å². The van der Waals surface area contributed by atoms with E-state index in [9.17, 15) is 9.59 Å². The van der Waals surface area contributed by atoms with Crippen molar-refractivity contribution in [2.45, 2.75) is 9.79 Å². The van der Waals surface area contributed by atoms with Crippen LogP contribution in [0.1, 0.15) is 10.4 Å². The number of carbonyl (C=O) groups is 2. The van der Waals surface area contributed by atoms with Gasteiger partial charge in [0.1, 0.15) is 0 Å². The van der Waals surface area contributed by atoms with Crippen LogP contribution in [0.4, 0.5) is 27.5 Å². The predicted molar refractivity (Wildman–Crippen MR) is 122 cm³/mol. The van der Waals surface area contributed by atoms with E-state index >= 15 is 0 Å². The third-order valence-corrected chi connectivity index (χ3v) is 5.33. The number of carboxylic acid groups (broad SMARTS) is 1. The lowest BCUT2D eigenvalue weighted by atomic mass is 10.1. The zero-order chi connectivity index (χ0) is 21.7. The maximum Gasteiger partial charge on any atom is 0.409 e. The zero-order valence-electron chi connectivity index (χ0n) is 16.5. The maximum absolute atomic E-state index is 12.6. The summed E-state index contributed by atoms with van der Waals surface area (Å²) in [6, 6.07) is 19.7. The van der Waals surface area contributed by atoms with Crippen LogP contribution < -0.4 is 21.3 Å². The summed E-state index contributed by atoms with van der Waals surface area (Å²) in [4.78, 5) is 26.9. The molecule has 0 spiro atoms. The van der Waals surface area contributed by atoms with Crippen LogP contribution in [0.25, 0.3) is 0 Å². The highest BCUT2D eigenvalue weighted by molar-refractivity contribution is 7.99. The van der Waals surface area contributed by atoms with Crippen molar-refractivity contribution in [2.75, 3.05) is 35.4 Å². The quantitative estimate of drug-likeness (QED) is 0.424. The number of rotatable bonds is 6. The average molecular weight is 423 g/mol. The molecular formula is C22H22N4O3S. The highest BCUT2D eigenvalue weighted by atomic mass is 32.2. The fourth-order valence-corrected chi connectivity index (χ4v) is 3.54. The van der Waals surface area contributed by atoms with Crippen LogP contribution in [0.5, 0.6) is 0 Å². The summed E-state index contributed by atoms with van der Waals surface area (Å²) in [5, 5.41) is 13.9. The molecule has 0 aliphatic heterocycles. The number of nitrogen functional groups attached to an aromatic ring is 1. The molecule has 0 fully saturated rings. The van der Waals surface area contributed by atoms with E-state index in [1.54, 1.807) is 30.3 Å². The van der Waals surface area contributed by atoms with Crippen molar-refractivity contribution in [3.63, 3.8) is 0 Å². The second-order valence-corrected chi connectivity index (χ2v) is 7.82. The molecule has 3 aromatic carbocycles. The third-order valence-electron chi connectivity index (χ3n) is 4.23. The van der Waals surface area contributed by atoms with Gasteiger partial charge < -0.3 is 21.1 Å². The summed E-state index contributed by atoms with van der Waals surface area (Å²) >= 11 is 1.45. The molecule has 0 aromatic heterocycles. The fourth-order valence-electron chi connectivity index (χ4n) is 2.70. The molecule has 7 nitrogen and oxygen atoms in total. The fraction of sp³-hybridized carbons (Fsp3) is 0.0909. The Bertz CT molecular complexity index is 1070. The molecule has 5 N–H and O–H groups in total. The minimum atomic E-state index is -1.11. The number of carbonyl (C=O) groups excluding carboxylic acids is 1. The molecule has 0 aliphatic rings. The van der Waals surface area contributed by atoms with E-state index in [1.807, 2.05) is 55.4 Å². The number of hydrogen-bond donors (Lipinski definition) is 4. The lowest BCUT2D eigenvalue weighted by molar-refractivity contribution is 0.102. The molecule has 30 heavy (non-hydrogen) atoms. The highest BCUT2D eigenvalue weighted by Crippen LogP contribution is 2.34. The summed E-state index contributed by atoms with van der Waals surface area (Å²) in [5.41, 5.74) is 9.32. The zero-order valence-corrected chi connectivity index (χ0v) is 17.4. The van der Waals surface area contributed by atoms with Crippen molar-refractivity contribution in [3.05, 3.63) is 72.3 Å². The number of nitrogens with one attached hydrogen (secondary N) is 2. The van der Waals surface area contributed by atoms with Gasteiger partial charge in [0.05, 0.1) is 0 Å². The standard InChI is InChI=1S/C22H22N4O3S/c1-26(2)17-5-3-4-14(12-17)21(27)24-16-8-11-20(19(23)13-16)30-18-9-6-15(7-10-18)25-22(28)29/h3-13,25H,23H2,1-2H3,(H,24,27)(H,28,29). The van der Waals surface area contributed by atoms with Crippen LogP contribution in [-0.2, 0) is 0 Å². The molecule has 0 atom stereocenters. The molecule has 0 aliphatic carbocycles. The lowest BCUT2D eigenvalue weighted by Gasteiger charge is -2.14. The molecule has 0 saturated carbocycles. The minimum absolute atomic E-state index is 0.208. The lowest BCUT2D eigenvalue weighted by Crippen LogP contribution is -2.14. The van der Waals surface area contributed by atoms with E-state index < -0.39 is 6.09 Å². The SMILES string of the molecule is CN(C)c1cccc(C(=O)Nc2ccc(Sc3ccc(NC(=O)O)cc3)c(N)c2)c1. The van der Waals surface area contributed by atoms with Gasteiger partial charge in [0.2, 0.25) is 0 Å². The monoisotopic (exact) mass is 422 g/mol. The first kappa shape index (κ1) is 21.1. The summed E-state index contributed by atoms with van der Waals surface area (Å²) in [6.45, 7) is 0. The number of amides is 2. The first-order valence-corrected chi connectivity index (χ1v) is 9.89. The predicted octanol–water partition coefficient (Wildman–Crippen LogP) is 4.83. The van der Waals surface area contributed by atoms with E-state index in [4.69, 9.17) is 10.8 Å². The number of benzene rings is 3. The van der Waals surface area contributed by atoms with E-state index in [0.717, 1.165) is 15.5 Å². The first-order chi connectivity index (χ1) is 14.3. The van der Waals surface area contributed by atoms with Crippen LogP contribution in [0.3, 0.4) is 0 Å². The Morgan fingerprint density at radius 1 is 0.933 bits per heavy atom. The number of anilines is 4. The van der Waals surface area contributed by atoms with Crippen LogP contribution in [0.15, 0.2) is 76.5 Å². The normalized spacial score (nSPS) is 10.3. The van der Waals surface area contributed by atoms with Crippen LogP contribution in [-0.4, -0.2) is 31.2 Å². The highest BCUT2D eigenvalue weighted by Gasteiger charge is 2.10. The Morgan fingerprint density at radius 3 is 2.27 bits per heavy atom. The largest absolute Gasteiger partial charge is 0.465 e. The number of nitrogens with two attached hydrogens (primary N) is 1. The smallest absolute Gasteiger partial charge is 0.409 e. The van der Waals surface area contributed by atoms with Gasteiger partial charge in [0.15, 0.2) is 0 Å². The number of nitrogens with zero attached hydrogens (tertiary/aromatic N) is 1. The summed E-state index contributed by atoms with van der Waals surface area (Å²) in [6.07, 6.45) is -1.11. The van der Waals surface area contributed by atoms with E-state index in [0.29, 0.717) is 22.6 Å². The molecule has 154 valence electrons. The van der Waals surface area contributed by atoms with Crippen molar-refractivity contribution in [1.82, 2.24) is 0 Å². The Kier molecular flexibility index (Phi) is 6.48. The van der Waals surface area contributed by atoms with Gasteiger partial charge in [0.25, 0.3) is 5.91 Å². The summed E-state index contributed by atoms with van der Waals surface area (Å²) in [5.74, 6) is -0.208. The molecule has 0 unspecified atom stereocenters. The summed E-state index contributed by atoms with van der Waals surface area (Å²) in [7, 11) is 3.84. The van der Waals surface area contributed by atoms with Crippen molar-refractivity contribution in [2.24, 2.45) is 0 Å². The van der Waals surface area contributed by atoms with Crippen LogP contribution >= 0.6 is 11.8 Å². The molecule has 0 saturated heterocycles. The van der Waals surface area contributed by atoms with Gasteiger partial charge in [0, 0.05) is 52.2 Å². The average Bonchev–Trinajstić information content (AvgIpc) is 2.71. The molecule has 3 rings (SSSR count). The molecule has 2 amide bonds. The first-order valence-electron chi connectivity index (χ1n) is 9.08.